The van der Waals surface area contributed by atoms with Crippen LogP contribution in [0.2, 0.25) is 0 Å². The number of halogens is 1. The van der Waals surface area contributed by atoms with Gasteiger partial charge in [-0.3, -0.25) is 14.8 Å². The summed E-state index contributed by atoms with van der Waals surface area (Å²) in [5.41, 5.74) is 3.17. The lowest BCUT2D eigenvalue weighted by atomic mass is 9.80. The van der Waals surface area contributed by atoms with Crippen LogP contribution >= 0.6 is 0 Å². The number of hydrogen-bond acceptors (Lipinski definition) is 5. The standard InChI is InChI=1S/C23H28FN3O2/c1-5-25-22-20-14-26-18(10-16(20)13-27-22)11-19(28)12-21(23(2,3)29-4)15-6-8-17(24)9-7-15/h6-10,14,21H,5,11-13H2,1-4H3,(H,25,27). The summed E-state index contributed by atoms with van der Waals surface area (Å²) in [6, 6.07) is 8.25. The Morgan fingerprint density at radius 2 is 2.03 bits per heavy atom. The fraction of sp³-hybridized carbons (Fsp3) is 0.435. The molecule has 2 aromatic rings. The molecule has 0 saturated heterocycles. The third-order valence-corrected chi connectivity index (χ3v) is 5.50. The number of pyridine rings is 1. The second kappa shape index (κ2) is 8.82. The molecule has 2 heterocycles. The Balaban J connectivity index is 1.73. The molecule has 5 nitrogen and oxygen atoms in total. The molecule has 1 aromatic heterocycles. The lowest BCUT2D eigenvalue weighted by molar-refractivity contribution is -0.120. The van der Waals surface area contributed by atoms with Crippen LogP contribution in [-0.4, -0.2) is 35.9 Å². The van der Waals surface area contributed by atoms with E-state index in [1.165, 1.54) is 12.1 Å². The molecule has 1 aromatic carbocycles. The molecule has 1 aliphatic rings. The van der Waals surface area contributed by atoms with E-state index < -0.39 is 5.60 Å². The molecule has 0 fully saturated rings. The SMILES string of the molecule is CCNC1=NCc2cc(CC(=O)CC(c3ccc(F)cc3)C(C)(C)OC)ncc21. The van der Waals surface area contributed by atoms with Crippen molar-refractivity contribution < 1.29 is 13.9 Å². The molecule has 1 N–H and O–H groups in total. The average molecular weight is 397 g/mol. The number of nitrogens with one attached hydrogen (secondary N) is 1. The maximum absolute atomic E-state index is 13.3. The summed E-state index contributed by atoms with van der Waals surface area (Å²) in [6.07, 6.45) is 2.34. The van der Waals surface area contributed by atoms with Gasteiger partial charge in [-0.1, -0.05) is 12.1 Å². The smallest absolute Gasteiger partial charge is 0.139 e. The lowest BCUT2D eigenvalue weighted by Gasteiger charge is -2.33. The number of Topliss-reactive ketones (excluding diaryl/α,β-unsaturated/α-hetero) is 1. The zero-order valence-electron chi connectivity index (χ0n) is 17.5. The Hall–Kier alpha value is -2.60. The van der Waals surface area contributed by atoms with Gasteiger partial charge in [0.25, 0.3) is 0 Å². The number of ketones is 1. The number of benzene rings is 1. The minimum atomic E-state index is -0.562. The third kappa shape index (κ3) is 4.88. The highest BCUT2D eigenvalue weighted by Gasteiger charge is 2.32. The number of methoxy groups -OCH3 is 1. The molecule has 0 spiro atoms. The molecule has 1 aliphatic heterocycles. The van der Waals surface area contributed by atoms with Gasteiger partial charge < -0.3 is 10.1 Å². The van der Waals surface area contributed by atoms with Crippen molar-refractivity contribution in [2.45, 2.75) is 51.7 Å². The second-order valence-electron chi connectivity index (χ2n) is 7.86. The van der Waals surface area contributed by atoms with Crippen LogP contribution in [0.1, 0.15) is 55.5 Å². The highest BCUT2D eigenvalue weighted by molar-refractivity contribution is 6.01. The van der Waals surface area contributed by atoms with Crippen molar-refractivity contribution in [3.8, 4) is 0 Å². The van der Waals surface area contributed by atoms with E-state index in [0.29, 0.717) is 13.0 Å². The first-order valence-corrected chi connectivity index (χ1v) is 9.92. The quantitative estimate of drug-likeness (QED) is 0.736. The number of carbonyl (C=O) groups excluding carboxylic acids is 1. The maximum atomic E-state index is 13.3. The monoisotopic (exact) mass is 397 g/mol. The van der Waals surface area contributed by atoms with Crippen molar-refractivity contribution in [1.29, 1.82) is 0 Å². The van der Waals surface area contributed by atoms with Crippen LogP contribution in [0.4, 0.5) is 4.39 Å². The van der Waals surface area contributed by atoms with Gasteiger partial charge in [-0.05, 0) is 50.1 Å². The van der Waals surface area contributed by atoms with Crippen molar-refractivity contribution in [3.63, 3.8) is 0 Å². The van der Waals surface area contributed by atoms with E-state index in [-0.39, 0.29) is 23.9 Å². The van der Waals surface area contributed by atoms with Gasteiger partial charge in [0.2, 0.25) is 0 Å². The highest BCUT2D eigenvalue weighted by atomic mass is 19.1. The van der Waals surface area contributed by atoms with Gasteiger partial charge in [0.15, 0.2) is 0 Å². The van der Waals surface area contributed by atoms with E-state index in [1.54, 1.807) is 25.4 Å². The minimum Gasteiger partial charge on any atom is -0.378 e. The van der Waals surface area contributed by atoms with E-state index >= 15 is 0 Å². The Morgan fingerprint density at radius 3 is 2.69 bits per heavy atom. The summed E-state index contributed by atoms with van der Waals surface area (Å²) in [5, 5.41) is 3.23. The van der Waals surface area contributed by atoms with Crippen LogP contribution in [0, 0.1) is 5.82 Å². The Bertz CT molecular complexity index is 907. The van der Waals surface area contributed by atoms with Crippen molar-refractivity contribution in [1.82, 2.24) is 10.3 Å². The van der Waals surface area contributed by atoms with Gasteiger partial charge in [-0.2, -0.15) is 0 Å². The predicted molar refractivity (Wildman–Crippen MR) is 112 cm³/mol. The van der Waals surface area contributed by atoms with Gasteiger partial charge in [0.1, 0.15) is 17.4 Å². The zero-order valence-corrected chi connectivity index (χ0v) is 17.5. The molecule has 0 radical (unpaired) electrons. The van der Waals surface area contributed by atoms with Gasteiger partial charge in [-0.25, -0.2) is 4.39 Å². The van der Waals surface area contributed by atoms with Crippen molar-refractivity contribution in [3.05, 3.63) is 64.7 Å². The zero-order chi connectivity index (χ0) is 21.0. The normalized spacial score (nSPS) is 14.3. The molecule has 1 atom stereocenters. The molecule has 1 unspecified atom stereocenters. The molecule has 0 saturated carbocycles. The number of ether oxygens (including phenoxy) is 1. The van der Waals surface area contributed by atoms with E-state index in [0.717, 1.165) is 34.8 Å². The summed E-state index contributed by atoms with van der Waals surface area (Å²) in [5.74, 6) is 0.461. The second-order valence-corrected chi connectivity index (χ2v) is 7.86. The lowest BCUT2D eigenvalue weighted by Crippen LogP contribution is -2.33. The first-order chi connectivity index (χ1) is 13.8. The fourth-order valence-electron chi connectivity index (χ4n) is 3.66. The highest BCUT2D eigenvalue weighted by Crippen LogP contribution is 2.34. The molecule has 0 amide bonds. The number of fused-ring (bicyclic) bond motifs is 1. The van der Waals surface area contributed by atoms with Crippen LogP contribution in [0.3, 0.4) is 0 Å². The summed E-state index contributed by atoms with van der Waals surface area (Å²) >= 11 is 0. The first kappa shape index (κ1) is 21.1. The molecule has 29 heavy (non-hydrogen) atoms. The Kier molecular flexibility index (Phi) is 6.42. The third-order valence-electron chi connectivity index (χ3n) is 5.50. The average Bonchev–Trinajstić information content (AvgIpc) is 3.09. The minimum absolute atomic E-state index is 0.0720. The van der Waals surface area contributed by atoms with Gasteiger partial charge in [0, 0.05) is 49.9 Å². The number of nitrogens with zero attached hydrogens (tertiary/aromatic N) is 2. The Morgan fingerprint density at radius 1 is 1.31 bits per heavy atom. The summed E-state index contributed by atoms with van der Waals surface area (Å²) in [4.78, 5) is 21.8. The van der Waals surface area contributed by atoms with E-state index in [2.05, 4.69) is 15.3 Å². The summed E-state index contributed by atoms with van der Waals surface area (Å²) in [7, 11) is 1.63. The summed E-state index contributed by atoms with van der Waals surface area (Å²) in [6.45, 7) is 7.33. The number of aromatic nitrogens is 1. The van der Waals surface area contributed by atoms with Gasteiger partial charge in [-0.15, -0.1) is 0 Å². The number of hydrogen-bond donors (Lipinski definition) is 1. The van der Waals surface area contributed by atoms with E-state index in [9.17, 15) is 9.18 Å². The predicted octanol–water partition coefficient (Wildman–Crippen LogP) is 3.80. The maximum Gasteiger partial charge on any atom is 0.139 e. The van der Waals surface area contributed by atoms with Crippen LogP contribution in [0.5, 0.6) is 0 Å². The van der Waals surface area contributed by atoms with Crippen LogP contribution in [-0.2, 0) is 22.5 Å². The molecule has 0 bridgehead atoms. The van der Waals surface area contributed by atoms with Crippen molar-refractivity contribution in [2.75, 3.05) is 13.7 Å². The Labute approximate surface area is 171 Å². The van der Waals surface area contributed by atoms with Gasteiger partial charge in [0.05, 0.1) is 12.1 Å². The number of rotatable bonds is 8. The van der Waals surface area contributed by atoms with Crippen molar-refractivity contribution >= 4 is 11.6 Å². The van der Waals surface area contributed by atoms with E-state index in [4.69, 9.17) is 4.74 Å². The van der Waals surface area contributed by atoms with Crippen LogP contribution in [0.25, 0.3) is 0 Å². The molecule has 6 heteroatoms. The molecule has 0 aliphatic carbocycles. The molecular formula is C23H28FN3O2. The topological polar surface area (TPSA) is 63.6 Å². The number of carbonyl (C=O) groups is 1. The number of aliphatic imine (C=N–C) groups is 1. The van der Waals surface area contributed by atoms with Gasteiger partial charge >= 0.3 is 0 Å². The fourth-order valence-corrected chi connectivity index (χ4v) is 3.66. The molecular weight excluding hydrogens is 369 g/mol. The largest absolute Gasteiger partial charge is 0.378 e. The summed E-state index contributed by atoms with van der Waals surface area (Å²) < 4.78 is 19.0. The first-order valence-electron chi connectivity index (χ1n) is 9.92. The van der Waals surface area contributed by atoms with Crippen LogP contribution in [0.15, 0.2) is 41.5 Å². The number of amidine groups is 1. The van der Waals surface area contributed by atoms with Crippen LogP contribution < -0.4 is 5.32 Å². The van der Waals surface area contributed by atoms with E-state index in [1.807, 2.05) is 26.8 Å². The van der Waals surface area contributed by atoms with Crippen molar-refractivity contribution in [2.24, 2.45) is 4.99 Å². The molecule has 3 rings (SSSR count). The molecule has 154 valence electrons.